The molecule has 6 heteroatoms. The first-order chi connectivity index (χ1) is 8.63. The number of nitrogens with zero attached hydrogens (tertiary/aromatic N) is 2. The molecule has 2 rings (SSSR count). The van der Waals surface area contributed by atoms with Crippen LogP contribution in [0.15, 0.2) is 0 Å². The van der Waals surface area contributed by atoms with Gasteiger partial charge in [0, 0.05) is 25.7 Å². The van der Waals surface area contributed by atoms with Crippen molar-refractivity contribution < 1.29 is 19.8 Å². The SMILES string of the molecule is O=C(O)[C@H]1CCCN(C(=O)N(CCO)C2CC2)C1. The Labute approximate surface area is 106 Å². The highest BCUT2D eigenvalue weighted by molar-refractivity contribution is 5.77. The van der Waals surface area contributed by atoms with Crippen molar-refractivity contribution in [2.75, 3.05) is 26.2 Å². The second-order valence-corrected chi connectivity index (χ2v) is 5.05. The van der Waals surface area contributed by atoms with E-state index in [4.69, 9.17) is 10.2 Å². The van der Waals surface area contributed by atoms with Gasteiger partial charge in [-0.05, 0) is 25.7 Å². The quantitative estimate of drug-likeness (QED) is 0.761. The van der Waals surface area contributed by atoms with Crippen molar-refractivity contribution in [3.63, 3.8) is 0 Å². The highest BCUT2D eigenvalue weighted by Crippen LogP contribution is 2.28. The van der Waals surface area contributed by atoms with Crippen LogP contribution in [0.4, 0.5) is 4.79 Å². The summed E-state index contributed by atoms with van der Waals surface area (Å²) in [7, 11) is 0. The summed E-state index contributed by atoms with van der Waals surface area (Å²) in [6.45, 7) is 1.22. The van der Waals surface area contributed by atoms with Gasteiger partial charge in [-0.15, -0.1) is 0 Å². The van der Waals surface area contributed by atoms with Crippen LogP contribution in [0.1, 0.15) is 25.7 Å². The molecule has 1 saturated carbocycles. The molecule has 0 radical (unpaired) electrons. The molecule has 102 valence electrons. The van der Waals surface area contributed by atoms with E-state index >= 15 is 0 Å². The van der Waals surface area contributed by atoms with Gasteiger partial charge < -0.3 is 20.0 Å². The minimum atomic E-state index is -0.826. The molecule has 1 heterocycles. The number of hydrogen-bond acceptors (Lipinski definition) is 3. The van der Waals surface area contributed by atoms with Crippen molar-refractivity contribution in [3.05, 3.63) is 0 Å². The molecule has 6 nitrogen and oxygen atoms in total. The molecule has 1 atom stereocenters. The van der Waals surface area contributed by atoms with Gasteiger partial charge in [0.2, 0.25) is 0 Å². The van der Waals surface area contributed by atoms with E-state index < -0.39 is 11.9 Å². The topological polar surface area (TPSA) is 81.1 Å². The Morgan fingerprint density at radius 2 is 2.00 bits per heavy atom. The number of carboxylic acids is 1. The standard InChI is InChI=1S/C12H20N2O4/c15-7-6-14(10-3-4-10)12(18)13-5-1-2-9(8-13)11(16)17/h9-10,15H,1-8H2,(H,16,17)/t9-/m0/s1. The van der Waals surface area contributed by atoms with Crippen LogP contribution in [0.2, 0.25) is 0 Å². The molecule has 2 amide bonds. The van der Waals surface area contributed by atoms with Crippen LogP contribution in [0, 0.1) is 5.92 Å². The smallest absolute Gasteiger partial charge is 0.320 e. The Hall–Kier alpha value is -1.30. The van der Waals surface area contributed by atoms with Crippen molar-refractivity contribution in [3.8, 4) is 0 Å². The molecule has 0 aromatic carbocycles. The molecular formula is C12H20N2O4. The Kier molecular flexibility index (Phi) is 4.06. The summed E-state index contributed by atoms with van der Waals surface area (Å²) in [5.41, 5.74) is 0. The summed E-state index contributed by atoms with van der Waals surface area (Å²) in [4.78, 5) is 26.6. The number of urea groups is 1. The Bertz CT molecular complexity index is 330. The predicted octanol–water partition coefficient (Wildman–Crippen LogP) is 0.360. The van der Waals surface area contributed by atoms with Crippen LogP contribution < -0.4 is 0 Å². The van der Waals surface area contributed by atoms with Crippen LogP contribution >= 0.6 is 0 Å². The second-order valence-electron chi connectivity index (χ2n) is 5.05. The van der Waals surface area contributed by atoms with Crippen LogP contribution in [0.25, 0.3) is 0 Å². The summed E-state index contributed by atoms with van der Waals surface area (Å²) >= 11 is 0. The fourth-order valence-corrected chi connectivity index (χ4v) is 2.46. The number of rotatable bonds is 4. The van der Waals surface area contributed by atoms with E-state index in [1.54, 1.807) is 9.80 Å². The van der Waals surface area contributed by atoms with Gasteiger partial charge in [-0.3, -0.25) is 4.79 Å². The first kappa shape index (κ1) is 13.1. The average Bonchev–Trinajstić information content (AvgIpc) is 3.19. The highest BCUT2D eigenvalue weighted by atomic mass is 16.4. The number of carbonyl (C=O) groups excluding carboxylic acids is 1. The van der Waals surface area contributed by atoms with Gasteiger partial charge in [-0.1, -0.05) is 0 Å². The number of likely N-dealkylation sites (tertiary alicyclic amines) is 1. The molecule has 0 spiro atoms. The largest absolute Gasteiger partial charge is 0.481 e. The number of carbonyl (C=O) groups is 2. The normalized spacial score (nSPS) is 23.8. The number of carboxylic acid groups (broad SMARTS) is 1. The van der Waals surface area contributed by atoms with Crippen LogP contribution in [0.5, 0.6) is 0 Å². The molecule has 0 aromatic heterocycles. The predicted molar refractivity (Wildman–Crippen MR) is 64.1 cm³/mol. The molecule has 2 fully saturated rings. The molecule has 0 unspecified atom stereocenters. The third-order valence-corrected chi connectivity index (χ3v) is 3.62. The molecule has 1 aliphatic heterocycles. The molecule has 2 aliphatic rings. The number of hydrogen-bond donors (Lipinski definition) is 2. The van der Waals surface area contributed by atoms with Crippen molar-refractivity contribution in [1.82, 2.24) is 9.80 Å². The second kappa shape index (κ2) is 5.56. The highest BCUT2D eigenvalue weighted by Gasteiger charge is 2.36. The third-order valence-electron chi connectivity index (χ3n) is 3.62. The molecule has 0 aromatic rings. The van der Waals surface area contributed by atoms with Crippen molar-refractivity contribution in [2.45, 2.75) is 31.7 Å². The van der Waals surface area contributed by atoms with Crippen molar-refractivity contribution >= 4 is 12.0 Å². The van der Waals surface area contributed by atoms with E-state index in [-0.39, 0.29) is 18.7 Å². The first-order valence-electron chi connectivity index (χ1n) is 6.52. The Balaban J connectivity index is 1.96. The van der Waals surface area contributed by atoms with Crippen LogP contribution in [0.3, 0.4) is 0 Å². The maximum absolute atomic E-state index is 12.3. The summed E-state index contributed by atoms with van der Waals surface area (Å²) < 4.78 is 0. The van der Waals surface area contributed by atoms with Gasteiger partial charge >= 0.3 is 12.0 Å². The molecule has 0 bridgehead atoms. The Morgan fingerprint density at radius 3 is 2.56 bits per heavy atom. The molecule has 1 aliphatic carbocycles. The number of aliphatic hydroxyl groups is 1. The lowest BCUT2D eigenvalue weighted by molar-refractivity contribution is -0.143. The number of aliphatic hydroxyl groups excluding tert-OH is 1. The van der Waals surface area contributed by atoms with E-state index in [9.17, 15) is 9.59 Å². The van der Waals surface area contributed by atoms with Gasteiger partial charge in [0.25, 0.3) is 0 Å². The van der Waals surface area contributed by atoms with Gasteiger partial charge in [0.1, 0.15) is 0 Å². The first-order valence-corrected chi connectivity index (χ1v) is 6.52. The van der Waals surface area contributed by atoms with Crippen LogP contribution in [-0.4, -0.2) is 64.3 Å². The van der Waals surface area contributed by atoms with E-state index in [0.717, 1.165) is 19.3 Å². The summed E-state index contributed by atoms with van der Waals surface area (Å²) in [6.07, 6.45) is 3.35. The molecular weight excluding hydrogens is 236 g/mol. The monoisotopic (exact) mass is 256 g/mol. The molecule has 18 heavy (non-hydrogen) atoms. The maximum atomic E-state index is 12.3. The third kappa shape index (κ3) is 2.93. The lowest BCUT2D eigenvalue weighted by Gasteiger charge is -2.35. The van der Waals surface area contributed by atoms with Gasteiger partial charge in [0.05, 0.1) is 12.5 Å². The fraction of sp³-hybridized carbons (Fsp3) is 0.833. The minimum absolute atomic E-state index is 0.0432. The fourth-order valence-electron chi connectivity index (χ4n) is 2.46. The van der Waals surface area contributed by atoms with Gasteiger partial charge in [-0.25, -0.2) is 4.79 Å². The van der Waals surface area contributed by atoms with Gasteiger partial charge in [0.15, 0.2) is 0 Å². The number of piperidine rings is 1. The average molecular weight is 256 g/mol. The zero-order valence-electron chi connectivity index (χ0n) is 10.4. The number of aliphatic carboxylic acids is 1. The van der Waals surface area contributed by atoms with Crippen LogP contribution in [-0.2, 0) is 4.79 Å². The lowest BCUT2D eigenvalue weighted by Crippen LogP contribution is -2.50. The number of amides is 2. The van der Waals surface area contributed by atoms with Crippen molar-refractivity contribution in [1.29, 1.82) is 0 Å². The Morgan fingerprint density at radius 1 is 1.28 bits per heavy atom. The minimum Gasteiger partial charge on any atom is -0.481 e. The summed E-state index contributed by atoms with van der Waals surface area (Å²) in [5.74, 6) is -1.27. The zero-order valence-corrected chi connectivity index (χ0v) is 10.4. The zero-order chi connectivity index (χ0) is 13.1. The van der Waals surface area contributed by atoms with Crippen molar-refractivity contribution in [2.24, 2.45) is 5.92 Å². The molecule has 1 saturated heterocycles. The molecule has 2 N–H and O–H groups in total. The maximum Gasteiger partial charge on any atom is 0.320 e. The summed E-state index contributed by atoms with van der Waals surface area (Å²) in [5, 5.41) is 18.0. The van der Waals surface area contributed by atoms with E-state index in [2.05, 4.69) is 0 Å². The van der Waals surface area contributed by atoms with Gasteiger partial charge in [-0.2, -0.15) is 0 Å². The van der Waals surface area contributed by atoms with E-state index in [1.807, 2.05) is 0 Å². The van der Waals surface area contributed by atoms with E-state index in [1.165, 1.54) is 0 Å². The van der Waals surface area contributed by atoms with E-state index in [0.29, 0.717) is 26.1 Å². The lowest BCUT2D eigenvalue weighted by atomic mass is 9.98. The summed E-state index contributed by atoms with van der Waals surface area (Å²) in [6, 6.07) is 0.132.